The summed E-state index contributed by atoms with van der Waals surface area (Å²) in [6.07, 6.45) is 4.76. The van der Waals surface area contributed by atoms with Crippen LogP contribution in [0.5, 0.6) is 0 Å². The van der Waals surface area contributed by atoms with E-state index in [0.29, 0.717) is 39.1 Å². The van der Waals surface area contributed by atoms with Crippen molar-refractivity contribution in [2.24, 2.45) is 0 Å². The molecule has 9 heteroatoms. The molecule has 0 bridgehead atoms. The van der Waals surface area contributed by atoms with Crippen LogP contribution in [-0.4, -0.2) is 42.3 Å². The third-order valence-corrected chi connectivity index (χ3v) is 6.52. The van der Waals surface area contributed by atoms with Gasteiger partial charge in [-0.15, -0.1) is 0 Å². The summed E-state index contributed by atoms with van der Waals surface area (Å²) in [5.74, 6) is 0.183. The van der Waals surface area contributed by atoms with Crippen molar-refractivity contribution in [2.45, 2.75) is 32.2 Å². The molecule has 0 spiro atoms. The van der Waals surface area contributed by atoms with Crippen LogP contribution in [0.25, 0.3) is 16.7 Å². The number of aromatic nitrogens is 5. The van der Waals surface area contributed by atoms with E-state index >= 15 is 0 Å². The van der Waals surface area contributed by atoms with Crippen molar-refractivity contribution in [3.8, 4) is 5.69 Å². The lowest BCUT2D eigenvalue weighted by Crippen LogP contribution is -2.44. The molecule has 0 aliphatic carbocycles. The number of nitrogens with one attached hydrogen (secondary N) is 1. The van der Waals surface area contributed by atoms with Gasteiger partial charge in [0.1, 0.15) is 17.2 Å². The Morgan fingerprint density at radius 3 is 2.77 bits per heavy atom. The van der Waals surface area contributed by atoms with E-state index in [0.717, 1.165) is 18.4 Å². The summed E-state index contributed by atoms with van der Waals surface area (Å²) in [5, 5.41) is 8.41. The second-order valence-electron chi connectivity index (χ2n) is 8.04. The standard InChI is InChI=1S/C22H20BrFN6O/c1-13-4-5-18(30-25-7-8-26-30)15(10-13)20(31)29-9-3-6-22(29,2)21-27-17-12-14(24)11-16(23)19(17)28-21/h4-5,7-8,10-12H,3,6,9H2,1-2H3,(H,27,28). The Kier molecular flexibility index (Phi) is 4.65. The molecule has 1 atom stereocenters. The highest BCUT2D eigenvalue weighted by molar-refractivity contribution is 9.10. The minimum Gasteiger partial charge on any atom is -0.340 e. The van der Waals surface area contributed by atoms with Crippen LogP contribution in [0.2, 0.25) is 0 Å². The number of aryl methyl sites for hydroxylation is 1. The topological polar surface area (TPSA) is 79.7 Å². The predicted molar refractivity (Wildman–Crippen MR) is 117 cm³/mol. The molecule has 31 heavy (non-hydrogen) atoms. The summed E-state index contributed by atoms with van der Waals surface area (Å²) in [7, 11) is 0. The molecule has 5 rings (SSSR count). The van der Waals surface area contributed by atoms with Crippen molar-refractivity contribution in [2.75, 3.05) is 6.54 Å². The van der Waals surface area contributed by atoms with Gasteiger partial charge >= 0.3 is 0 Å². The van der Waals surface area contributed by atoms with Gasteiger partial charge in [-0.05, 0) is 66.9 Å². The lowest BCUT2D eigenvalue weighted by Gasteiger charge is -2.34. The molecule has 0 saturated carbocycles. The van der Waals surface area contributed by atoms with E-state index in [1.807, 2.05) is 36.9 Å². The molecule has 1 amide bonds. The summed E-state index contributed by atoms with van der Waals surface area (Å²) >= 11 is 3.39. The molecular weight excluding hydrogens is 463 g/mol. The Morgan fingerprint density at radius 2 is 2.00 bits per heavy atom. The quantitative estimate of drug-likeness (QED) is 0.465. The van der Waals surface area contributed by atoms with Crippen LogP contribution < -0.4 is 0 Å². The number of imidazole rings is 1. The summed E-state index contributed by atoms with van der Waals surface area (Å²) < 4.78 is 14.4. The molecule has 1 unspecified atom stereocenters. The molecule has 1 fully saturated rings. The number of hydrogen-bond donors (Lipinski definition) is 1. The van der Waals surface area contributed by atoms with E-state index < -0.39 is 5.54 Å². The van der Waals surface area contributed by atoms with Crippen LogP contribution in [0.4, 0.5) is 4.39 Å². The van der Waals surface area contributed by atoms with Crippen molar-refractivity contribution in [1.82, 2.24) is 29.9 Å². The van der Waals surface area contributed by atoms with E-state index in [2.05, 4.69) is 31.1 Å². The maximum Gasteiger partial charge on any atom is 0.256 e. The van der Waals surface area contributed by atoms with Gasteiger partial charge in [-0.25, -0.2) is 9.37 Å². The van der Waals surface area contributed by atoms with Gasteiger partial charge in [0, 0.05) is 11.0 Å². The van der Waals surface area contributed by atoms with Crippen LogP contribution in [0, 0.1) is 12.7 Å². The summed E-state index contributed by atoms with van der Waals surface area (Å²) in [6, 6.07) is 8.47. The maximum absolute atomic E-state index is 13.9. The first kappa shape index (κ1) is 19.9. The molecule has 1 aliphatic rings. The van der Waals surface area contributed by atoms with E-state index in [-0.39, 0.29) is 11.7 Å². The van der Waals surface area contributed by atoms with Gasteiger partial charge in [0.15, 0.2) is 0 Å². The number of carbonyl (C=O) groups is 1. The summed E-state index contributed by atoms with van der Waals surface area (Å²) in [4.78, 5) is 25.1. The Balaban J connectivity index is 1.59. The van der Waals surface area contributed by atoms with Gasteiger partial charge in [-0.2, -0.15) is 15.0 Å². The lowest BCUT2D eigenvalue weighted by molar-refractivity contribution is 0.0605. The first-order valence-corrected chi connectivity index (χ1v) is 10.8. The minimum atomic E-state index is -0.648. The number of H-pyrrole nitrogens is 1. The van der Waals surface area contributed by atoms with Crippen molar-refractivity contribution in [3.63, 3.8) is 0 Å². The second-order valence-corrected chi connectivity index (χ2v) is 8.90. The fourth-order valence-corrected chi connectivity index (χ4v) is 4.83. The zero-order chi connectivity index (χ0) is 21.8. The Morgan fingerprint density at radius 1 is 1.23 bits per heavy atom. The maximum atomic E-state index is 13.9. The number of halogens is 2. The Hall–Kier alpha value is -3.07. The van der Waals surface area contributed by atoms with Gasteiger partial charge < -0.3 is 9.88 Å². The average molecular weight is 483 g/mol. The van der Waals surface area contributed by atoms with Crippen LogP contribution in [-0.2, 0) is 5.54 Å². The number of benzene rings is 2. The molecule has 1 saturated heterocycles. The molecule has 1 aliphatic heterocycles. The van der Waals surface area contributed by atoms with Crippen LogP contribution in [0.1, 0.15) is 41.5 Å². The first-order valence-electron chi connectivity index (χ1n) is 10.0. The molecule has 0 radical (unpaired) electrons. The highest BCUT2D eigenvalue weighted by Gasteiger charge is 2.44. The smallest absolute Gasteiger partial charge is 0.256 e. The van der Waals surface area contributed by atoms with Crippen molar-refractivity contribution in [1.29, 1.82) is 0 Å². The molecule has 158 valence electrons. The number of fused-ring (bicyclic) bond motifs is 1. The number of hydrogen-bond acceptors (Lipinski definition) is 4. The minimum absolute atomic E-state index is 0.110. The van der Waals surface area contributed by atoms with Crippen molar-refractivity contribution in [3.05, 3.63) is 70.0 Å². The number of aromatic amines is 1. The van der Waals surface area contributed by atoms with Crippen LogP contribution in [0.3, 0.4) is 0 Å². The van der Waals surface area contributed by atoms with Gasteiger partial charge in [-0.1, -0.05) is 11.6 Å². The third kappa shape index (κ3) is 3.23. The third-order valence-electron chi connectivity index (χ3n) is 5.92. The van der Waals surface area contributed by atoms with Gasteiger partial charge in [0.05, 0.1) is 34.7 Å². The molecule has 2 aromatic carbocycles. The van der Waals surface area contributed by atoms with E-state index in [9.17, 15) is 9.18 Å². The zero-order valence-corrected chi connectivity index (χ0v) is 18.6. The highest BCUT2D eigenvalue weighted by atomic mass is 79.9. The number of carbonyl (C=O) groups excluding carboxylic acids is 1. The average Bonchev–Trinajstić information content (AvgIpc) is 3.47. The van der Waals surface area contributed by atoms with Crippen molar-refractivity contribution >= 4 is 32.9 Å². The van der Waals surface area contributed by atoms with Crippen LogP contribution >= 0.6 is 15.9 Å². The normalized spacial score (nSPS) is 18.8. The van der Waals surface area contributed by atoms with Gasteiger partial charge in [-0.3, -0.25) is 4.79 Å². The predicted octanol–water partition coefficient (Wildman–Crippen LogP) is 4.51. The molecule has 7 nitrogen and oxygen atoms in total. The van der Waals surface area contributed by atoms with E-state index in [4.69, 9.17) is 4.98 Å². The molecule has 4 aromatic rings. The summed E-state index contributed by atoms with van der Waals surface area (Å²) in [5.41, 5.74) is 2.73. The Labute approximate surface area is 186 Å². The second kappa shape index (κ2) is 7.26. The lowest BCUT2D eigenvalue weighted by atomic mass is 9.96. The summed E-state index contributed by atoms with van der Waals surface area (Å²) in [6.45, 7) is 4.55. The van der Waals surface area contributed by atoms with E-state index in [1.54, 1.807) is 12.4 Å². The SMILES string of the molecule is Cc1ccc(-n2nccn2)c(C(=O)N2CCCC2(C)c2nc3c(Br)cc(F)cc3[nH]2)c1. The van der Waals surface area contributed by atoms with Gasteiger partial charge in [0.25, 0.3) is 5.91 Å². The highest BCUT2D eigenvalue weighted by Crippen LogP contribution is 2.40. The van der Waals surface area contributed by atoms with Crippen LogP contribution in [0.15, 0.2) is 47.2 Å². The fraction of sp³-hybridized carbons (Fsp3) is 0.273. The number of amides is 1. The number of rotatable bonds is 3. The zero-order valence-electron chi connectivity index (χ0n) is 17.1. The largest absolute Gasteiger partial charge is 0.340 e. The monoisotopic (exact) mass is 482 g/mol. The number of likely N-dealkylation sites (tertiary alicyclic amines) is 1. The molecule has 3 heterocycles. The van der Waals surface area contributed by atoms with Gasteiger partial charge in [0.2, 0.25) is 0 Å². The molecular formula is C22H20BrFN6O. The molecule has 1 N–H and O–H groups in total. The number of nitrogens with zero attached hydrogens (tertiary/aromatic N) is 5. The van der Waals surface area contributed by atoms with E-state index in [1.165, 1.54) is 16.9 Å². The first-order chi connectivity index (χ1) is 14.9. The van der Waals surface area contributed by atoms with Crippen molar-refractivity contribution < 1.29 is 9.18 Å². The Bertz CT molecular complexity index is 1300. The molecule has 2 aromatic heterocycles. The fourth-order valence-electron chi connectivity index (χ4n) is 4.31.